The second kappa shape index (κ2) is 7.75. The zero-order chi connectivity index (χ0) is 22.3. The molecule has 7 nitrogen and oxygen atoms in total. The first-order valence-electron chi connectivity index (χ1n) is 10.6. The van der Waals surface area contributed by atoms with Crippen molar-refractivity contribution in [1.82, 2.24) is 4.57 Å². The van der Waals surface area contributed by atoms with E-state index >= 15 is 0 Å². The first kappa shape index (κ1) is 20.2. The molecule has 5 rings (SSSR count). The monoisotopic (exact) mass is 431 g/mol. The number of esters is 2. The van der Waals surface area contributed by atoms with Crippen LogP contribution in [0.25, 0.3) is 5.69 Å². The number of para-hydroxylation sites is 1. The van der Waals surface area contributed by atoms with Crippen molar-refractivity contribution in [3.63, 3.8) is 0 Å². The number of hydrogen-bond donors (Lipinski definition) is 0. The van der Waals surface area contributed by atoms with Crippen molar-refractivity contribution in [2.75, 3.05) is 50.2 Å². The van der Waals surface area contributed by atoms with Crippen molar-refractivity contribution >= 4 is 23.3 Å². The SMILES string of the molecule is COC(=O)c1cccc(N2CC3(C2)CN(c2cccc(C(=O)OC)c2-n2cccc2)C3)c1. The van der Waals surface area contributed by atoms with E-state index in [4.69, 9.17) is 9.47 Å². The van der Waals surface area contributed by atoms with E-state index in [1.54, 1.807) is 12.1 Å². The molecular formula is C25H25N3O4. The molecule has 0 amide bonds. The third-order valence-corrected chi connectivity index (χ3v) is 6.36. The number of methoxy groups -OCH3 is 2. The van der Waals surface area contributed by atoms with Crippen molar-refractivity contribution in [1.29, 1.82) is 0 Å². The zero-order valence-electron chi connectivity index (χ0n) is 18.2. The summed E-state index contributed by atoms with van der Waals surface area (Å²) in [5.41, 5.74) is 4.25. The van der Waals surface area contributed by atoms with Gasteiger partial charge in [0, 0.05) is 49.7 Å². The van der Waals surface area contributed by atoms with Crippen LogP contribution in [-0.4, -0.2) is 56.9 Å². The molecular weight excluding hydrogens is 406 g/mol. The summed E-state index contributed by atoms with van der Waals surface area (Å²) in [6, 6.07) is 17.2. The minimum atomic E-state index is -0.342. The lowest BCUT2D eigenvalue weighted by Crippen LogP contribution is -2.72. The van der Waals surface area contributed by atoms with Crippen LogP contribution in [0.15, 0.2) is 67.0 Å². The first-order valence-corrected chi connectivity index (χ1v) is 10.6. The van der Waals surface area contributed by atoms with Gasteiger partial charge in [0.2, 0.25) is 0 Å². The Kier molecular flexibility index (Phi) is 4.89. The molecule has 0 N–H and O–H groups in total. The van der Waals surface area contributed by atoms with Crippen LogP contribution >= 0.6 is 0 Å². The fourth-order valence-electron chi connectivity index (χ4n) is 4.84. The molecule has 2 aromatic carbocycles. The Morgan fingerprint density at radius 3 is 2.16 bits per heavy atom. The number of carbonyl (C=O) groups is 2. The Morgan fingerprint density at radius 1 is 0.812 bits per heavy atom. The topological polar surface area (TPSA) is 64.0 Å². The standard InChI is InChI=1S/C25H25N3O4/c1-31-23(29)18-7-5-8-19(13-18)27-14-25(15-27)16-28(17-25)21-10-6-9-20(24(30)32-2)22(21)26-11-3-4-12-26/h3-13H,14-17H2,1-2H3. The van der Waals surface area contributed by atoms with Crippen molar-refractivity contribution < 1.29 is 19.1 Å². The maximum atomic E-state index is 12.4. The molecule has 2 aliphatic heterocycles. The summed E-state index contributed by atoms with van der Waals surface area (Å²) in [5.74, 6) is -0.661. The van der Waals surface area contributed by atoms with Crippen LogP contribution in [0.2, 0.25) is 0 Å². The fourth-order valence-corrected chi connectivity index (χ4v) is 4.84. The number of ether oxygens (including phenoxy) is 2. The van der Waals surface area contributed by atoms with Gasteiger partial charge >= 0.3 is 11.9 Å². The molecule has 32 heavy (non-hydrogen) atoms. The smallest absolute Gasteiger partial charge is 0.340 e. The lowest BCUT2D eigenvalue weighted by molar-refractivity contribution is 0.0592. The van der Waals surface area contributed by atoms with E-state index in [-0.39, 0.29) is 17.4 Å². The third-order valence-electron chi connectivity index (χ3n) is 6.36. The summed E-state index contributed by atoms with van der Waals surface area (Å²) in [7, 11) is 2.80. The number of aromatic nitrogens is 1. The number of anilines is 2. The average Bonchev–Trinajstić information content (AvgIpc) is 3.30. The molecule has 0 atom stereocenters. The Morgan fingerprint density at radius 2 is 1.47 bits per heavy atom. The van der Waals surface area contributed by atoms with Gasteiger partial charge < -0.3 is 23.8 Å². The predicted molar refractivity (Wildman–Crippen MR) is 122 cm³/mol. The quantitative estimate of drug-likeness (QED) is 0.577. The van der Waals surface area contributed by atoms with Crippen molar-refractivity contribution in [3.8, 4) is 5.69 Å². The van der Waals surface area contributed by atoms with E-state index in [2.05, 4.69) is 15.9 Å². The van der Waals surface area contributed by atoms with Crippen molar-refractivity contribution in [3.05, 3.63) is 78.1 Å². The van der Waals surface area contributed by atoms with E-state index in [1.807, 2.05) is 53.4 Å². The second-order valence-electron chi connectivity index (χ2n) is 8.51. The van der Waals surface area contributed by atoms with Gasteiger partial charge in [-0.3, -0.25) is 0 Å². The van der Waals surface area contributed by atoms with Crippen LogP contribution < -0.4 is 9.80 Å². The van der Waals surface area contributed by atoms with Gasteiger partial charge in [-0.1, -0.05) is 12.1 Å². The molecule has 3 heterocycles. The number of rotatable bonds is 5. The van der Waals surface area contributed by atoms with Gasteiger partial charge in [-0.05, 0) is 42.5 Å². The molecule has 0 bridgehead atoms. The Bertz CT molecular complexity index is 1160. The zero-order valence-corrected chi connectivity index (χ0v) is 18.2. The van der Waals surface area contributed by atoms with E-state index in [0.717, 1.165) is 43.2 Å². The number of benzene rings is 2. The Balaban J connectivity index is 1.33. The van der Waals surface area contributed by atoms with Gasteiger partial charge in [-0.25, -0.2) is 9.59 Å². The average molecular weight is 431 g/mol. The van der Waals surface area contributed by atoms with Crippen LogP contribution in [0.5, 0.6) is 0 Å². The molecule has 2 saturated heterocycles. The molecule has 0 aliphatic carbocycles. The molecule has 2 fully saturated rings. The van der Waals surface area contributed by atoms with Gasteiger partial charge in [-0.15, -0.1) is 0 Å². The van der Waals surface area contributed by atoms with E-state index < -0.39 is 0 Å². The lowest BCUT2D eigenvalue weighted by atomic mass is 9.72. The molecule has 0 radical (unpaired) electrons. The summed E-state index contributed by atoms with van der Waals surface area (Å²) in [4.78, 5) is 28.9. The molecule has 0 unspecified atom stereocenters. The molecule has 3 aromatic rings. The maximum absolute atomic E-state index is 12.4. The Labute approximate surface area is 186 Å². The van der Waals surface area contributed by atoms with Crippen LogP contribution in [0, 0.1) is 5.41 Å². The highest BCUT2D eigenvalue weighted by Gasteiger charge is 2.52. The van der Waals surface area contributed by atoms with Crippen LogP contribution in [0.4, 0.5) is 11.4 Å². The second-order valence-corrected chi connectivity index (χ2v) is 8.51. The van der Waals surface area contributed by atoms with Gasteiger partial charge in [0.1, 0.15) is 0 Å². The highest BCUT2D eigenvalue weighted by Crippen LogP contribution is 2.45. The van der Waals surface area contributed by atoms with Gasteiger partial charge in [0.25, 0.3) is 0 Å². The van der Waals surface area contributed by atoms with Crippen LogP contribution in [0.1, 0.15) is 20.7 Å². The summed E-state index contributed by atoms with van der Waals surface area (Å²) in [6.07, 6.45) is 3.89. The Hall–Kier alpha value is -3.74. The minimum absolute atomic E-state index is 0.219. The third kappa shape index (κ3) is 3.30. The van der Waals surface area contributed by atoms with Gasteiger partial charge in [0.15, 0.2) is 0 Å². The number of hydrogen-bond acceptors (Lipinski definition) is 6. The normalized spacial score (nSPS) is 16.3. The summed E-state index contributed by atoms with van der Waals surface area (Å²) < 4.78 is 11.8. The molecule has 164 valence electrons. The fraction of sp³-hybridized carbons (Fsp3) is 0.280. The molecule has 1 spiro atoms. The van der Waals surface area contributed by atoms with E-state index in [0.29, 0.717) is 11.1 Å². The minimum Gasteiger partial charge on any atom is -0.465 e. The van der Waals surface area contributed by atoms with Crippen LogP contribution in [0.3, 0.4) is 0 Å². The summed E-state index contributed by atoms with van der Waals surface area (Å²) >= 11 is 0. The highest BCUT2D eigenvalue weighted by atomic mass is 16.5. The molecule has 0 saturated carbocycles. The molecule has 2 aliphatic rings. The summed E-state index contributed by atoms with van der Waals surface area (Å²) in [6.45, 7) is 3.70. The number of carbonyl (C=O) groups excluding carboxylic acids is 2. The predicted octanol–water partition coefficient (Wildman–Crippen LogP) is 3.38. The van der Waals surface area contributed by atoms with E-state index in [9.17, 15) is 9.59 Å². The molecule has 1 aromatic heterocycles. The molecule has 7 heteroatoms. The van der Waals surface area contributed by atoms with E-state index in [1.165, 1.54) is 14.2 Å². The number of nitrogens with zero attached hydrogens (tertiary/aromatic N) is 3. The van der Waals surface area contributed by atoms with Gasteiger partial charge in [-0.2, -0.15) is 0 Å². The maximum Gasteiger partial charge on any atom is 0.340 e. The largest absolute Gasteiger partial charge is 0.465 e. The summed E-state index contributed by atoms with van der Waals surface area (Å²) in [5, 5.41) is 0. The van der Waals surface area contributed by atoms with Crippen LogP contribution in [-0.2, 0) is 9.47 Å². The lowest BCUT2D eigenvalue weighted by Gasteiger charge is -2.62. The van der Waals surface area contributed by atoms with Gasteiger partial charge in [0.05, 0.1) is 36.7 Å². The first-order chi connectivity index (χ1) is 15.5. The van der Waals surface area contributed by atoms with Crippen molar-refractivity contribution in [2.24, 2.45) is 5.41 Å². The highest BCUT2D eigenvalue weighted by molar-refractivity contribution is 5.96. The van der Waals surface area contributed by atoms with Crippen molar-refractivity contribution in [2.45, 2.75) is 0 Å².